The smallest absolute Gasteiger partial charge is 0.408 e. The number of ketones is 1. The molecular weight excluding hydrogens is 404 g/mol. The molecule has 0 fully saturated rings. The fourth-order valence-electron chi connectivity index (χ4n) is 1.73. The molecular formula is C15H18BrClN2O5. The van der Waals surface area contributed by atoms with Gasteiger partial charge < -0.3 is 15.2 Å². The predicted molar refractivity (Wildman–Crippen MR) is 91.3 cm³/mol. The first-order valence-corrected chi connectivity index (χ1v) is 8.23. The number of alkyl carbamates (subject to hydrolysis) is 1. The molecule has 0 aliphatic carbocycles. The highest BCUT2D eigenvalue weighted by Crippen LogP contribution is 2.26. The van der Waals surface area contributed by atoms with Crippen LogP contribution in [0.3, 0.4) is 0 Å². The lowest BCUT2D eigenvalue weighted by molar-refractivity contribution is -0.139. The molecule has 0 radical (unpaired) electrons. The fraction of sp³-hybridized carbons (Fsp3) is 0.467. The minimum Gasteiger partial charge on any atom is -0.480 e. The standard InChI is InChI=1S/C15H18BrClN2O5/c1-15(2,3)24-14(23)19-10(13(21)22)4-5-11(20)8-6-18-7-9(16)12(8)17/h6-7,10H,4-5H2,1-3H3,(H,19,23)(H,21,22). The van der Waals surface area contributed by atoms with Crippen molar-refractivity contribution < 1.29 is 24.2 Å². The van der Waals surface area contributed by atoms with Crippen LogP contribution in [0.2, 0.25) is 5.02 Å². The number of Topliss-reactive ketones (excluding diaryl/α,β-unsaturated/α-hetero) is 1. The summed E-state index contributed by atoms with van der Waals surface area (Å²) in [5.41, 5.74) is -0.564. The Morgan fingerprint density at radius 2 is 2.00 bits per heavy atom. The first kappa shape index (κ1) is 20.4. The average molecular weight is 422 g/mol. The number of aromatic nitrogens is 1. The molecule has 9 heteroatoms. The van der Waals surface area contributed by atoms with Crippen molar-refractivity contribution in [2.24, 2.45) is 0 Å². The van der Waals surface area contributed by atoms with Gasteiger partial charge in [-0.25, -0.2) is 9.59 Å². The van der Waals surface area contributed by atoms with Gasteiger partial charge in [0.25, 0.3) is 0 Å². The maximum absolute atomic E-state index is 12.2. The van der Waals surface area contributed by atoms with Gasteiger partial charge in [0.05, 0.1) is 15.1 Å². The van der Waals surface area contributed by atoms with Crippen LogP contribution in [0.1, 0.15) is 44.0 Å². The van der Waals surface area contributed by atoms with Gasteiger partial charge in [0, 0.05) is 18.8 Å². The van der Waals surface area contributed by atoms with Crippen molar-refractivity contribution in [2.75, 3.05) is 0 Å². The Hall–Kier alpha value is -1.67. The molecule has 0 bridgehead atoms. The van der Waals surface area contributed by atoms with Gasteiger partial charge in [-0.2, -0.15) is 0 Å². The van der Waals surface area contributed by atoms with E-state index in [4.69, 9.17) is 16.3 Å². The summed E-state index contributed by atoms with van der Waals surface area (Å²) >= 11 is 9.17. The second-order valence-corrected chi connectivity index (χ2v) is 7.21. The van der Waals surface area contributed by atoms with E-state index >= 15 is 0 Å². The number of pyridine rings is 1. The van der Waals surface area contributed by atoms with Gasteiger partial charge in [-0.05, 0) is 43.1 Å². The third kappa shape index (κ3) is 6.45. The van der Waals surface area contributed by atoms with Gasteiger partial charge in [0.1, 0.15) is 11.6 Å². The molecule has 0 spiro atoms. The normalized spacial score (nSPS) is 12.4. The van der Waals surface area contributed by atoms with Crippen LogP contribution in [0.25, 0.3) is 0 Å². The lowest BCUT2D eigenvalue weighted by Crippen LogP contribution is -2.43. The van der Waals surface area contributed by atoms with Gasteiger partial charge >= 0.3 is 12.1 Å². The molecule has 7 nitrogen and oxygen atoms in total. The summed E-state index contributed by atoms with van der Waals surface area (Å²) in [5, 5.41) is 11.6. The van der Waals surface area contributed by atoms with Gasteiger partial charge in [0.2, 0.25) is 0 Å². The Morgan fingerprint density at radius 1 is 1.38 bits per heavy atom. The molecule has 1 unspecified atom stereocenters. The number of nitrogens with one attached hydrogen (secondary N) is 1. The highest BCUT2D eigenvalue weighted by molar-refractivity contribution is 9.10. The number of hydrogen-bond acceptors (Lipinski definition) is 5. The Kier molecular flexibility index (Phi) is 7.16. The van der Waals surface area contributed by atoms with Crippen LogP contribution in [0.4, 0.5) is 4.79 Å². The van der Waals surface area contributed by atoms with Crippen LogP contribution in [-0.2, 0) is 9.53 Å². The minimum atomic E-state index is -1.26. The fourth-order valence-corrected chi connectivity index (χ4v) is 2.27. The van der Waals surface area contributed by atoms with Crippen LogP contribution in [0.15, 0.2) is 16.9 Å². The van der Waals surface area contributed by atoms with Crippen molar-refractivity contribution in [1.82, 2.24) is 10.3 Å². The van der Waals surface area contributed by atoms with E-state index in [1.54, 1.807) is 20.8 Å². The predicted octanol–water partition coefficient (Wildman–Crippen LogP) is 3.44. The largest absolute Gasteiger partial charge is 0.480 e. The van der Waals surface area contributed by atoms with Crippen molar-refractivity contribution in [1.29, 1.82) is 0 Å². The number of ether oxygens (including phenoxy) is 1. The summed E-state index contributed by atoms with van der Waals surface area (Å²) in [7, 11) is 0. The zero-order valence-electron chi connectivity index (χ0n) is 13.4. The van der Waals surface area contributed by atoms with Gasteiger partial charge in [-0.3, -0.25) is 9.78 Å². The molecule has 0 aliphatic heterocycles. The van der Waals surface area contributed by atoms with Crippen molar-refractivity contribution in [2.45, 2.75) is 45.3 Å². The monoisotopic (exact) mass is 420 g/mol. The highest BCUT2D eigenvalue weighted by Gasteiger charge is 2.25. The molecule has 1 atom stereocenters. The molecule has 0 saturated carbocycles. The molecule has 132 valence electrons. The summed E-state index contributed by atoms with van der Waals surface area (Å²) < 4.78 is 5.48. The van der Waals surface area contributed by atoms with E-state index < -0.39 is 23.7 Å². The summed E-state index contributed by atoms with van der Waals surface area (Å²) in [4.78, 5) is 38.9. The van der Waals surface area contributed by atoms with E-state index in [1.807, 2.05) is 0 Å². The molecule has 0 aliphatic rings. The van der Waals surface area contributed by atoms with Crippen LogP contribution >= 0.6 is 27.5 Å². The van der Waals surface area contributed by atoms with Crippen LogP contribution in [0, 0.1) is 0 Å². The van der Waals surface area contributed by atoms with E-state index in [1.165, 1.54) is 12.4 Å². The van der Waals surface area contributed by atoms with Crippen molar-refractivity contribution in [3.05, 3.63) is 27.5 Å². The summed E-state index contributed by atoms with van der Waals surface area (Å²) in [6.45, 7) is 4.98. The molecule has 2 N–H and O–H groups in total. The zero-order chi connectivity index (χ0) is 18.5. The number of rotatable bonds is 6. The maximum Gasteiger partial charge on any atom is 0.408 e. The Labute approximate surface area is 152 Å². The topological polar surface area (TPSA) is 106 Å². The molecule has 1 aromatic rings. The number of carbonyl (C=O) groups is 3. The molecule has 0 aromatic carbocycles. The maximum atomic E-state index is 12.2. The van der Waals surface area contributed by atoms with E-state index in [-0.39, 0.29) is 29.2 Å². The van der Waals surface area contributed by atoms with E-state index in [0.29, 0.717) is 4.47 Å². The second-order valence-electron chi connectivity index (χ2n) is 5.98. The Bertz CT molecular complexity index is 645. The number of hydrogen-bond donors (Lipinski definition) is 2. The summed E-state index contributed by atoms with van der Waals surface area (Å²) in [6, 6.07) is -1.25. The minimum absolute atomic E-state index is 0.101. The molecule has 24 heavy (non-hydrogen) atoms. The average Bonchev–Trinajstić information content (AvgIpc) is 2.43. The summed E-state index contributed by atoms with van der Waals surface area (Å²) in [5.74, 6) is -1.63. The van der Waals surface area contributed by atoms with Crippen LogP contribution in [0.5, 0.6) is 0 Å². The molecule has 1 rings (SSSR count). The van der Waals surface area contributed by atoms with E-state index in [0.717, 1.165) is 0 Å². The Morgan fingerprint density at radius 3 is 2.54 bits per heavy atom. The molecule has 1 heterocycles. The third-order valence-corrected chi connectivity index (χ3v) is 4.02. The lowest BCUT2D eigenvalue weighted by Gasteiger charge is -2.21. The lowest BCUT2D eigenvalue weighted by atomic mass is 10.0. The number of carbonyl (C=O) groups excluding carboxylic acids is 2. The highest BCUT2D eigenvalue weighted by atomic mass is 79.9. The Balaban J connectivity index is 2.70. The van der Waals surface area contributed by atoms with Crippen molar-refractivity contribution in [3.8, 4) is 0 Å². The van der Waals surface area contributed by atoms with Crippen LogP contribution < -0.4 is 5.32 Å². The molecule has 0 saturated heterocycles. The van der Waals surface area contributed by atoms with Crippen LogP contribution in [-0.4, -0.2) is 39.6 Å². The van der Waals surface area contributed by atoms with Gasteiger partial charge in [-0.15, -0.1) is 0 Å². The number of amides is 1. The first-order chi connectivity index (χ1) is 11.0. The number of carboxylic acid groups (broad SMARTS) is 1. The summed E-state index contributed by atoms with van der Waals surface area (Å²) in [6.07, 6.45) is 1.68. The van der Waals surface area contributed by atoms with Crippen molar-refractivity contribution >= 4 is 45.4 Å². The SMILES string of the molecule is CC(C)(C)OC(=O)NC(CCC(=O)c1cncc(Br)c1Cl)C(=O)O. The first-order valence-electron chi connectivity index (χ1n) is 7.06. The number of carboxylic acids is 1. The second kappa shape index (κ2) is 8.43. The third-order valence-electron chi connectivity index (χ3n) is 2.79. The zero-order valence-corrected chi connectivity index (χ0v) is 15.8. The van der Waals surface area contributed by atoms with E-state index in [2.05, 4.69) is 26.2 Å². The molecule has 1 amide bonds. The van der Waals surface area contributed by atoms with Crippen molar-refractivity contribution in [3.63, 3.8) is 0 Å². The quantitative estimate of drug-likeness (QED) is 0.682. The van der Waals surface area contributed by atoms with E-state index in [9.17, 15) is 19.5 Å². The number of halogens is 2. The van der Waals surface area contributed by atoms with Gasteiger partial charge in [0.15, 0.2) is 5.78 Å². The molecule has 1 aromatic heterocycles. The number of nitrogens with zero attached hydrogens (tertiary/aromatic N) is 1. The number of aliphatic carboxylic acids is 1. The van der Waals surface area contributed by atoms with Gasteiger partial charge in [-0.1, -0.05) is 11.6 Å².